The molecule has 136 valence electrons. The Bertz CT molecular complexity index is 803. The standard InChI is InChI=1S/C19H19ClN2O4/c1-26-14-8-6-13(7-9-14)12-17(19(25)21-10-11-23)22-18(24)15-4-2-3-5-16(15)20/h2-9,12,23H,10-11H2,1H3,(H,21,25)(H,22,24). The molecule has 0 unspecified atom stereocenters. The molecule has 2 aromatic carbocycles. The van der Waals surface area contributed by atoms with Crippen molar-refractivity contribution in [3.63, 3.8) is 0 Å². The van der Waals surface area contributed by atoms with Crippen molar-refractivity contribution in [2.24, 2.45) is 0 Å². The summed E-state index contributed by atoms with van der Waals surface area (Å²) in [6, 6.07) is 13.5. The second-order valence-corrected chi connectivity index (χ2v) is 5.65. The van der Waals surface area contributed by atoms with Crippen LogP contribution in [0.1, 0.15) is 15.9 Å². The highest BCUT2D eigenvalue weighted by molar-refractivity contribution is 6.34. The normalized spacial score (nSPS) is 11.0. The fourth-order valence-electron chi connectivity index (χ4n) is 2.12. The molecule has 0 aliphatic carbocycles. The van der Waals surface area contributed by atoms with Crippen LogP contribution < -0.4 is 15.4 Å². The fraction of sp³-hybridized carbons (Fsp3) is 0.158. The van der Waals surface area contributed by atoms with Gasteiger partial charge in [-0.25, -0.2) is 0 Å². The average molecular weight is 375 g/mol. The highest BCUT2D eigenvalue weighted by Crippen LogP contribution is 2.16. The van der Waals surface area contributed by atoms with E-state index in [9.17, 15) is 9.59 Å². The van der Waals surface area contributed by atoms with Gasteiger partial charge in [0, 0.05) is 6.54 Å². The minimum Gasteiger partial charge on any atom is -0.497 e. The van der Waals surface area contributed by atoms with Crippen molar-refractivity contribution in [2.75, 3.05) is 20.3 Å². The number of amides is 2. The number of aliphatic hydroxyl groups excluding tert-OH is 1. The molecule has 3 N–H and O–H groups in total. The first-order chi connectivity index (χ1) is 12.5. The minimum atomic E-state index is -0.518. The van der Waals surface area contributed by atoms with Crippen LogP contribution in [0.25, 0.3) is 6.08 Å². The van der Waals surface area contributed by atoms with Gasteiger partial charge in [-0.15, -0.1) is 0 Å². The maximum atomic E-state index is 12.5. The summed E-state index contributed by atoms with van der Waals surface area (Å²) in [6.07, 6.45) is 1.53. The van der Waals surface area contributed by atoms with E-state index in [0.29, 0.717) is 11.3 Å². The molecule has 7 heteroatoms. The van der Waals surface area contributed by atoms with Crippen molar-refractivity contribution in [1.29, 1.82) is 0 Å². The molecular formula is C19H19ClN2O4. The molecule has 0 spiro atoms. The first-order valence-electron chi connectivity index (χ1n) is 7.86. The third-order valence-corrected chi connectivity index (χ3v) is 3.77. The molecular weight excluding hydrogens is 356 g/mol. The lowest BCUT2D eigenvalue weighted by atomic mass is 10.1. The zero-order valence-electron chi connectivity index (χ0n) is 14.2. The smallest absolute Gasteiger partial charge is 0.267 e. The topological polar surface area (TPSA) is 87.7 Å². The van der Waals surface area contributed by atoms with Gasteiger partial charge in [-0.05, 0) is 35.9 Å². The molecule has 26 heavy (non-hydrogen) atoms. The number of hydrogen-bond donors (Lipinski definition) is 3. The van der Waals surface area contributed by atoms with Crippen molar-refractivity contribution < 1.29 is 19.4 Å². The molecule has 0 bridgehead atoms. The molecule has 2 aromatic rings. The number of benzene rings is 2. The Labute approximate surface area is 156 Å². The van der Waals surface area contributed by atoms with Crippen molar-refractivity contribution in [3.8, 4) is 5.75 Å². The number of rotatable bonds is 7. The Morgan fingerprint density at radius 1 is 1.15 bits per heavy atom. The van der Waals surface area contributed by atoms with Crippen molar-refractivity contribution >= 4 is 29.5 Å². The third-order valence-electron chi connectivity index (χ3n) is 3.44. The third kappa shape index (κ3) is 5.34. The summed E-state index contributed by atoms with van der Waals surface area (Å²) < 4.78 is 5.10. The maximum absolute atomic E-state index is 12.5. The van der Waals surface area contributed by atoms with E-state index in [0.717, 1.165) is 0 Å². The van der Waals surface area contributed by atoms with E-state index in [4.69, 9.17) is 21.4 Å². The summed E-state index contributed by atoms with van der Waals surface area (Å²) in [5, 5.41) is 14.3. The molecule has 0 fully saturated rings. The van der Waals surface area contributed by atoms with E-state index in [1.54, 1.807) is 55.6 Å². The van der Waals surface area contributed by atoms with E-state index in [1.807, 2.05) is 0 Å². The van der Waals surface area contributed by atoms with Crippen LogP contribution in [0, 0.1) is 0 Å². The Balaban J connectivity index is 2.28. The molecule has 0 saturated heterocycles. The van der Waals surface area contributed by atoms with Gasteiger partial charge in [-0.1, -0.05) is 35.9 Å². The first-order valence-corrected chi connectivity index (χ1v) is 8.23. The molecule has 2 rings (SSSR count). The molecule has 6 nitrogen and oxygen atoms in total. The number of ether oxygens (including phenoxy) is 1. The van der Waals surface area contributed by atoms with E-state index in [2.05, 4.69) is 10.6 Å². The Kier molecular flexibility index (Phi) is 7.20. The van der Waals surface area contributed by atoms with Gasteiger partial charge >= 0.3 is 0 Å². The van der Waals surface area contributed by atoms with Gasteiger partial charge in [0.15, 0.2) is 0 Å². The second kappa shape index (κ2) is 9.60. The average Bonchev–Trinajstić information content (AvgIpc) is 2.66. The predicted octanol–water partition coefficient (Wildman–Crippen LogP) is 2.23. The van der Waals surface area contributed by atoms with Gasteiger partial charge in [-0.2, -0.15) is 0 Å². The van der Waals surface area contributed by atoms with Crippen LogP contribution in [0.5, 0.6) is 5.75 Å². The first kappa shape index (κ1) is 19.5. The van der Waals surface area contributed by atoms with Crippen LogP contribution in [-0.4, -0.2) is 37.2 Å². The summed E-state index contributed by atoms with van der Waals surface area (Å²) in [6.45, 7) is -0.138. The molecule has 0 saturated carbocycles. The van der Waals surface area contributed by atoms with Crippen LogP contribution in [0.2, 0.25) is 5.02 Å². The molecule has 0 aliphatic heterocycles. The summed E-state index contributed by atoms with van der Waals surface area (Å²) in [5.74, 6) is -0.349. The molecule has 0 heterocycles. The van der Waals surface area contributed by atoms with Crippen molar-refractivity contribution in [3.05, 3.63) is 70.4 Å². The number of carbonyl (C=O) groups excluding carboxylic acids is 2. The van der Waals surface area contributed by atoms with Crippen molar-refractivity contribution in [1.82, 2.24) is 10.6 Å². The number of carbonyl (C=O) groups is 2. The summed E-state index contributed by atoms with van der Waals surface area (Å²) in [5.41, 5.74) is 0.984. The van der Waals surface area contributed by atoms with Crippen LogP contribution in [0.3, 0.4) is 0 Å². The quantitative estimate of drug-likeness (QED) is 0.648. The zero-order chi connectivity index (χ0) is 18.9. The van der Waals surface area contributed by atoms with E-state index >= 15 is 0 Å². The highest BCUT2D eigenvalue weighted by Gasteiger charge is 2.16. The lowest BCUT2D eigenvalue weighted by Gasteiger charge is -2.11. The number of aliphatic hydroxyl groups is 1. The van der Waals surface area contributed by atoms with E-state index < -0.39 is 11.8 Å². The molecule has 0 atom stereocenters. The molecule has 0 aromatic heterocycles. The Hall–Kier alpha value is -2.83. The lowest BCUT2D eigenvalue weighted by Crippen LogP contribution is -2.36. The second-order valence-electron chi connectivity index (χ2n) is 5.24. The summed E-state index contributed by atoms with van der Waals surface area (Å²) in [4.78, 5) is 24.8. The largest absolute Gasteiger partial charge is 0.497 e. The summed E-state index contributed by atoms with van der Waals surface area (Å²) >= 11 is 6.03. The van der Waals surface area contributed by atoms with Gasteiger partial charge in [0.05, 0.1) is 24.3 Å². The Morgan fingerprint density at radius 2 is 1.85 bits per heavy atom. The van der Waals surface area contributed by atoms with Gasteiger partial charge in [0.2, 0.25) is 0 Å². The predicted molar refractivity (Wildman–Crippen MR) is 100.0 cm³/mol. The highest BCUT2D eigenvalue weighted by atomic mass is 35.5. The minimum absolute atomic E-state index is 0.0357. The number of methoxy groups -OCH3 is 1. The number of halogens is 1. The van der Waals surface area contributed by atoms with E-state index in [-0.39, 0.29) is 29.4 Å². The van der Waals surface area contributed by atoms with Gasteiger partial charge in [0.1, 0.15) is 11.4 Å². The maximum Gasteiger partial charge on any atom is 0.267 e. The Morgan fingerprint density at radius 3 is 2.46 bits per heavy atom. The fourth-order valence-corrected chi connectivity index (χ4v) is 2.35. The SMILES string of the molecule is COc1ccc(C=C(NC(=O)c2ccccc2Cl)C(=O)NCCO)cc1. The van der Waals surface area contributed by atoms with Gasteiger partial charge < -0.3 is 20.5 Å². The van der Waals surface area contributed by atoms with Gasteiger partial charge in [-0.3, -0.25) is 9.59 Å². The zero-order valence-corrected chi connectivity index (χ0v) is 14.9. The van der Waals surface area contributed by atoms with Crippen LogP contribution in [0.15, 0.2) is 54.2 Å². The molecule has 2 amide bonds. The van der Waals surface area contributed by atoms with Crippen LogP contribution in [-0.2, 0) is 4.79 Å². The number of hydrogen-bond acceptors (Lipinski definition) is 4. The van der Waals surface area contributed by atoms with Gasteiger partial charge in [0.25, 0.3) is 11.8 Å². The lowest BCUT2D eigenvalue weighted by molar-refractivity contribution is -0.117. The van der Waals surface area contributed by atoms with Crippen LogP contribution >= 0.6 is 11.6 Å². The number of nitrogens with one attached hydrogen (secondary N) is 2. The molecule has 0 radical (unpaired) electrons. The monoisotopic (exact) mass is 374 g/mol. The van der Waals surface area contributed by atoms with Crippen molar-refractivity contribution in [2.45, 2.75) is 0 Å². The van der Waals surface area contributed by atoms with Crippen LogP contribution in [0.4, 0.5) is 0 Å². The molecule has 0 aliphatic rings. The van der Waals surface area contributed by atoms with E-state index in [1.165, 1.54) is 6.08 Å². The summed E-state index contributed by atoms with van der Waals surface area (Å²) in [7, 11) is 1.56.